The molecule has 20 heavy (non-hydrogen) atoms. The maximum Gasteiger partial charge on any atom is 0.293 e. The van der Waals surface area contributed by atoms with Crippen molar-refractivity contribution < 1.29 is 4.74 Å². The van der Waals surface area contributed by atoms with E-state index >= 15 is 0 Å². The Morgan fingerprint density at radius 1 is 1.45 bits per heavy atom. The molecular weight excluding hydrogens is 256 g/mol. The summed E-state index contributed by atoms with van der Waals surface area (Å²) in [4.78, 5) is 16.1. The van der Waals surface area contributed by atoms with E-state index in [9.17, 15) is 4.79 Å². The van der Waals surface area contributed by atoms with Gasteiger partial charge in [0.2, 0.25) is 0 Å². The number of hydrogen-bond donors (Lipinski definition) is 2. The van der Waals surface area contributed by atoms with E-state index in [4.69, 9.17) is 10.5 Å². The molecule has 0 aliphatic carbocycles. The normalized spacial score (nSPS) is 10.3. The maximum atomic E-state index is 12.0. The third kappa shape index (κ3) is 2.90. The Morgan fingerprint density at radius 3 is 2.95 bits per heavy atom. The van der Waals surface area contributed by atoms with Crippen LogP contribution in [0.15, 0.2) is 35.4 Å². The minimum atomic E-state index is -0.141. The van der Waals surface area contributed by atoms with Crippen LogP contribution < -0.4 is 21.3 Å². The molecule has 0 amide bonds. The molecule has 2 aromatic rings. The Hall–Kier alpha value is -2.50. The highest BCUT2D eigenvalue weighted by Gasteiger charge is 2.07. The van der Waals surface area contributed by atoms with Crippen molar-refractivity contribution in [3.8, 4) is 5.75 Å². The van der Waals surface area contributed by atoms with E-state index in [1.165, 1.54) is 0 Å². The second kappa shape index (κ2) is 6.10. The number of ether oxygens (including phenoxy) is 1. The summed E-state index contributed by atoms with van der Waals surface area (Å²) in [7, 11) is 1.60. The molecule has 3 N–H and O–H groups in total. The molecule has 0 saturated heterocycles. The molecule has 0 spiro atoms. The Balaban J connectivity index is 2.21. The van der Waals surface area contributed by atoms with E-state index in [1.54, 1.807) is 36.2 Å². The van der Waals surface area contributed by atoms with Crippen molar-refractivity contribution in [2.24, 2.45) is 0 Å². The molecule has 6 nitrogen and oxygen atoms in total. The van der Waals surface area contributed by atoms with Gasteiger partial charge in [0.15, 0.2) is 5.82 Å². The molecule has 6 heteroatoms. The zero-order chi connectivity index (χ0) is 14.5. The van der Waals surface area contributed by atoms with Gasteiger partial charge in [-0.25, -0.2) is 4.98 Å². The van der Waals surface area contributed by atoms with Crippen LogP contribution in [-0.2, 0) is 13.1 Å². The van der Waals surface area contributed by atoms with Gasteiger partial charge in [-0.15, -0.1) is 0 Å². The second-order valence-electron chi connectivity index (χ2n) is 4.29. The van der Waals surface area contributed by atoms with E-state index in [1.807, 2.05) is 13.0 Å². The summed E-state index contributed by atoms with van der Waals surface area (Å²) in [6.07, 6.45) is 3.26. The number of rotatable bonds is 5. The van der Waals surface area contributed by atoms with E-state index in [2.05, 4.69) is 10.3 Å². The highest BCUT2D eigenvalue weighted by molar-refractivity contribution is 5.49. The van der Waals surface area contributed by atoms with Crippen LogP contribution in [0.2, 0.25) is 0 Å². The van der Waals surface area contributed by atoms with Crippen molar-refractivity contribution in [1.82, 2.24) is 9.55 Å². The molecule has 0 atom stereocenters. The molecule has 0 unspecified atom stereocenters. The Kier molecular flexibility index (Phi) is 4.24. The Labute approximate surface area is 117 Å². The lowest BCUT2D eigenvalue weighted by Gasteiger charge is -2.11. The number of hydrogen-bond acceptors (Lipinski definition) is 5. The van der Waals surface area contributed by atoms with Crippen molar-refractivity contribution in [2.45, 2.75) is 20.0 Å². The first-order valence-electron chi connectivity index (χ1n) is 6.37. The molecule has 0 fully saturated rings. The molecule has 2 rings (SSSR count). The van der Waals surface area contributed by atoms with Crippen molar-refractivity contribution in [3.05, 3.63) is 46.5 Å². The number of nitrogens with zero attached hydrogens (tertiary/aromatic N) is 2. The van der Waals surface area contributed by atoms with Gasteiger partial charge >= 0.3 is 0 Å². The number of anilines is 2. The number of aryl methyl sites for hydroxylation is 1. The second-order valence-corrected chi connectivity index (χ2v) is 4.29. The first-order chi connectivity index (χ1) is 9.65. The zero-order valence-electron chi connectivity index (χ0n) is 11.6. The minimum Gasteiger partial charge on any atom is -0.496 e. The van der Waals surface area contributed by atoms with E-state index in [-0.39, 0.29) is 5.56 Å². The van der Waals surface area contributed by atoms with Crippen LogP contribution in [0.25, 0.3) is 0 Å². The van der Waals surface area contributed by atoms with Crippen molar-refractivity contribution in [2.75, 3.05) is 18.2 Å². The van der Waals surface area contributed by atoms with E-state index in [0.29, 0.717) is 24.6 Å². The van der Waals surface area contributed by atoms with Crippen LogP contribution in [0.4, 0.5) is 11.5 Å². The third-order valence-corrected chi connectivity index (χ3v) is 3.01. The summed E-state index contributed by atoms with van der Waals surface area (Å²) in [6, 6.07) is 5.38. The molecule has 0 aliphatic rings. The average Bonchev–Trinajstić information content (AvgIpc) is 2.46. The van der Waals surface area contributed by atoms with Gasteiger partial charge in [-0.3, -0.25) is 4.79 Å². The van der Waals surface area contributed by atoms with Crippen LogP contribution in [0.5, 0.6) is 5.75 Å². The summed E-state index contributed by atoms with van der Waals surface area (Å²) in [5.41, 5.74) is 7.14. The van der Waals surface area contributed by atoms with Crippen LogP contribution in [0.3, 0.4) is 0 Å². The molecule has 0 saturated carbocycles. The fourth-order valence-electron chi connectivity index (χ4n) is 1.93. The fraction of sp³-hybridized carbons (Fsp3) is 0.286. The summed E-state index contributed by atoms with van der Waals surface area (Å²) < 4.78 is 6.85. The van der Waals surface area contributed by atoms with Gasteiger partial charge in [-0.2, -0.15) is 0 Å². The maximum absolute atomic E-state index is 12.0. The van der Waals surface area contributed by atoms with Gasteiger partial charge in [-0.05, 0) is 25.1 Å². The predicted octanol–water partition coefficient (Wildman–Crippen LogP) is 1.47. The molecule has 0 bridgehead atoms. The predicted molar refractivity (Wildman–Crippen MR) is 78.9 cm³/mol. The SMILES string of the molecule is CCn1ccnc(NCc2cc(N)ccc2OC)c1=O. The average molecular weight is 274 g/mol. The van der Waals surface area contributed by atoms with Crippen molar-refractivity contribution in [3.63, 3.8) is 0 Å². The molecule has 106 valence electrons. The van der Waals surface area contributed by atoms with Gasteiger partial charge in [0, 0.05) is 36.7 Å². The Morgan fingerprint density at radius 2 is 2.25 bits per heavy atom. The lowest BCUT2D eigenvalue weighted by molar-refractivity contribution is 0.410. The van der Waals surface area contributed by atoms with Crippen LogP contribution in [0.1, 0.15) is 12.5 Å². The van der Waals surface area contributed by atoms with Gasteiger partial charge in [0.25, 0.3) is 5.56 Å². The number of nitrogens with two attached hydrogens (primary N) is 1. The smallest absolute Gasteiger partial charge is 0.293 e. The highest BCUT2D eigenvalue weighted by atomic mass is 16.5. The first kappa shape index (κ1) is 13.9. The van der Waals surface area contributed by atoms with Crippen LogP contribution in [-0.4, -0.2) is 16.7 Å². The zero-order valence-corrected chi connectivity index (χ0v) is 11.6. The van der Waals surface area contributed by atoms with Crippen molar-refractivity contribution >= 4 is 11.5 Å². The number of benzene rings is 1. The first-order valence-corrected chi connectivity index (χ1v) is 6.37. The van der Waals surface area contributed by atoms with Gasteiger partial charge in [0.1, 0.15) is 5.75 Å². The summed E-state index contributed by atoms with van der Waals surface area (Å²) in [5.74, 6) is 1.04. The molecule has 1 aromatic heterocycles. The molecule has 0 aliphatic heterocycles. The summed E-state index contributed by atoms with van der Waals surface area (Å²) in [5, 5.41) is 3.03. The number of methoxy groups -OCH3 is 1. The summed E-state index contributed by atoms with van der Waals surface area (Å²) in [6.45, 7) is 2.94. The van der Waals surface area contributed by atoms with Crippen molar-refractivity contribution in [1.29, 1.82) is 0 Å². The fourth-order valence-corrected chi connectivity index (χ4v) is 1.93. The molecule has 1 aromatic carbocycles. The number of nitrogen functional groups attached to an aromatic ring is 1. The van der Waals surface area contributed by atoms with Gasteiger partial charge in [-0.1, -0.05) is 0 Å². The number of nitrogens with one attached hydrogen (secondary N) is 1. The quantitative estimate of drug-likeness (QED) is 0.807. The third-order valence-electron chi connectivity index (χ3n) is 3.01. The number of aromatic nitrogens is 2. The topological polar surface area (TPSA) is 82.2 Å². The standard InChI is InChI=1S/C14H18N4O2/c1-3-18-7-6-16-13(14(18)19)17-9-10-8-11(15)4-5-12(10)20-2/h4-8H,3,9,15H2,1-2H3,(H,16,17). The summed E-state index contributed by atoms with van der Waals surface area (Å²) >= 11 is 0. The Bertz CT molecular complexity index is 652. The lowest BCUT2D eigenvalue weighted by atomic mass is 10.2. The van der Waals surface area contributed by atoms with E-state index < -0.39 is 0 Å². The molecule has 0 radical (unpaired) electrons. The van der Waals surface area contributed by atoms with Gasteiger partial charge in [0.05, 0.1) is 7.11 Å². The monoisotopic (exact) mass is 274 g/mol. The van der Waals surface area contributed by atoms with Gasteiger partial charge < -0.3 is 20.4 Å². The lowest BCUT2D eigenvalue weighted by Crippen LogP contribution is -2.23. The highest BCUT2D eigenvalue weighted by Crippen LogP contribution is 2.21. The largest absolute Gasteiger partial charge is 0.496 e. The van der Waals surface area contributed by atoms with E-state index in [0.717, 1.165) is 11.3 Å². The molecular formula is C14H18N4O2. The van der Waals surface area contributed by atoms with Crippen LogP contribution >= 0.6 is 0 Å². The molecule has 1 heterocycles. The van der Waals surface area contributed by atoms with Crippen LogP contribution in [0, 0.1) is 0 Å². The minimum absolute atomic E-state index is 0.141.